The maximum atomic E-state index is 13.1. The summed E-state index contributed by atoms with van der Waals surface area (Å²) in [6, 6.07) is 23.2. The van der Waals surface area contributed by atoms with E-state index in [2.05, 4.69) is 26.2 Å². The molecule has 0 saturated carbocycles. The van der Waals surface area contributed by atoms with Gasteiger partial charge in [0, 0.05) is 10.2 Å². The number of halogens is 1. The number of benzene rings is 2. The third-order valence-corrected chi connectivity index (χ3v) is 5.10. The summed E-state index contributed by atoms with van der Waals surface area (Å²) in [6.07, 6.45) is 0. The average molecular weight is 424 g/mol. The molecule has 0 aliphatic carbocycles. The molecular weight excluding hydrogens is 402 g/mol. The SMILES string of the molecule is Cc1cccc(CN(C(=O)Nc2ccccc2Br)C(C)c2ccccc2)n1. The highest BCUT2D eigenvalue weighted by Crippen LogP contribution is 2.26. The predicted molar refractivity (Wildman–Crippen MR) is 113 cm³/mol. The zero-order chi connectivity index (χ0) is 19.2. The third-order valence-electron chi connectivity index (χ3n) is 4.40. The lowest BCUT2D eigenvalue weighted by Crippen LogP contribution is -2.37. The number of nitrogens with one attached hydrogen (secondary N) is 1. The largest absolute Gasteiger partial charge is 0.322 e. The van der Waals surface area contributed by atoms with Crippen molar-refractivity contribution in [1.29, 1.82) is 0 Å². The third kappa shape index (κ3) is 4.95. The molecule has 1 heterocycles. The van der Waals surface area contributed by atoms with Crippen molar-refractivity contribution in [3.8, 4) is 0 Å². The second-order valence-corrected chi connectivity index (χ2v) is 7.25. The number of hydrogen-bond donors (Lipinski definition) is 1. The molecule has 0 saturated heterocycles. The van der Waals surface area contributed by atoms with Gasteiger partial charge in [-0.15, -0.1) is 0 Å². The molecule has 2 amide bonds. The zero-order valence-corrected chi connectivity index (χ0v) is 17.0. The molecule has 0 fully saturated rings. The number of para-hydroxylation sites is 1. The van der Waals surface area contributed by atoms with Crippen LogP contribution in [0.3, 0.4) is 0 Å². The van der Waals surface area contributed by atoms with Crippen molar-refractivity contribution in [1.82, 2.24) is 9.88 Å². The first-order chi connectivity index (χ1) is 13.0. The van der Waals surface area contributed by atoms with Gasteiger partial charge in [0.05, 0.1) is 24.0 Å². The smallest absolute Gasteiger partial charge is 0.312 e. The number of hydrogen-bond acceptors (Lipinski definition) is 2. The Bertz CT molecular complexity index is 914. The summed E-state index contributed by atoms with van der Waals surface area (Å²) < 4.78 is 0.847. The van der Waals surface area contributed by atoms with Crippen LogP contribution in [0.4, 0.5) is 10.5 Å². The lowest BCUT2D eigenvalue weighted by molar-refractivity contribution is 0.188. The molecule has 0 aliphatic heterocycles. The lowest BCUT2D eigenvalue weighted by Gasteiger charge is -2.30. The van der Waals surface area contributed by atoms with Gasteiger partial charge in [-0.2, -0.15) is 0 Å². The first kappa shape index (κ1) is 19.1. The van der Waals surface area contributed by atoms with Crippen LogP contribution in [-0.2, 0) is 6.54 Å². The van der Waals surface area contributed by atoms with Gasteiger partial charge >= 0.3 is 6.03 Å². The van der Waals surface area contributed by atoms with E-state index in [1.807, 2.05) is 86.6 Å². The highest BCUT2D eigenvalue weighted by Gasteiger charge is 2.23. The molecule has 5 heteroatoms. The first-order valence-electron chi connectivity index (χ1n) is 8.84. The van der Waals surface area contributed by atoms with Crippen molar-refractivity contribution in [3.63, 3.8) is 0 Å². The van der Waals surface area contributed by atoms with E-state index in [1.54, 1.807) is 4.90 Å². The normalized spacial score (nSPS) is 11.7. The number of nitrogens with zero attached hydrogens (tertiary/aromatic N) is 2. The van der Waals surface area contributed by atoms with E-state index in [4.69, 9.17) is 0 Å². The van der Waals surface area contributed by atoms with Crippen LogP contribution in [0.1, 0.15) is 29.9 Å². The lowest BCUT2D eigenvalue weighted by atomic mass is 10.1. The minimum Gasteiger partial charge on any atom is -0.312 e. The van der Waals surface area contributed by atoms with Crippen molar-refractivity contribution in [2.75, 3.05) is 5.32 Å². The maximum absolute atomic E-state index is 13.1. The number of anilines is 1. The van der Waals surface area contributed by atoms with Crippen molar-refractivity contribution in [2.24, 2.45) is 0 Å². The average Bonchev–Trinajstić information content (AvgIpc) is 2.68. The first-order valence-corrected chi connectivity index (χ1v) is 9.63. The minimum atomic E-state index is -0.165. The van der Waals surface area contributed by atoms with Crippen LogP contribution in [0, 0.1) is 6.92 Å². The Kier molecular flexibility index (Phi) is 6.24. The molecule has 3 rings (SSSR count). The molecule has 0 spiro atoms. The summed E-state index contributed by atoms with van der Waals surface area (Å²) in [4.78, 5) is 19.5. The van der Waals surface area contributed by atoms with Gasteiger partial charge in [-0.3, -0.25) is 4.98 Å². The van der Waals surface area contributed by atoms with Crippen LogP contribution in [0.15, 0.2) is 77.3 Å². The number of amides is 2. The van der Waals surface area contributed by atoms with Crippen molar-refractivity contribution >= 4 is 27.6 Å². The molecule has 1 atom stereocenters. The van der Waals surface area contributed by atoms with Gasteiger partial charge in [0.2, 0.25) is 0 Å². The summed E-state index contributed by atoms with van der Waals surface area (Å²) in [5.41, 5.74) is 3.61. The summed E-state index contributed by atoms with van der Waals surface area (Å²) in [7, 11) is 0. The fourth-order valence-electron chi connectivity index (χ4n) is 2.91. The number of urea groups is 1. The Hall–Kier alpha value is -2.66. The molecule has 3 aromatic rings. The molecule has 0 aliphatic rings. The monoisotopic (exact) mass is 423 g/mol. The summed E-state index contributed by atoms with van der Waals surface area (Å²) >= 11 is 3.49. The van der Waals surface area contributed by atoms with Crippen LogP contribution in [-0.4, -0.2) is 15.9 Å². The summed E-state index contributed by atoms with van der Waals surface area (Å²) in [5.74, 6) is 0. The summed E-state index contributed by atoms with van der Waals surface area (Å²) in [5, 5.41) is 3.01. The number of aromatic nitrogens is 1. The van der Waals surface area contributed by atoms with Crippen LogP contribution >= 0.6 is 15.9 Å². The Labute approximate surface area is 168 Å². The van der Waals surface area contributed by atoms with E-state index in [9.17, 15) is 4.79 Å². The van der Waals surface area contributed by atoms with Crippen molar-refractivity contribution < 1.29 is 4.79 Å². The van der Waals surface area contributed by atoms with Crippen LogP contribution in [0.25, 0.3) is 0 Å². The van der Waals surface area contributed by atoms with E-state index in [0.29, 0.717) is 6.54 Å². The Balaban J connectivity index is 1.88. The number of carbonyl (C=O) groups is 1. The number of aryl methyl sites for hydroxylation is 1. The predicted octanol–water partition coefficient (Wildman–Crippen LogP) is 5.95. The number of rotatable bonds is 5. The van der Waals surface area contributed by atoms with Gasteiger partial charge in [-0.05, 0) is 59.6 Å². The van der Waals surface area contributed by atoms with Gasteiger partial charge in [0.25, 0.3) is 0 Å². The van der Waals surface area contributed by atoms with Crippen LogP contribution in [0.2, 0.25) is 0 Å². The molecule has 0 radical (unpaired) electrons. The second-order valence-electron chi connectivity index (χ2n) is 6.39. The van der Waals surface area contributed by atoms with Gasteiger partial charge in [-0.1, -0.05) is 48.5 Å². The Morgan fingerprint density at radius 3 is 2.44 bits per heavy atom. The molecule has 1 aromatic heterocycles. The van der Waals surface area contributed by atoms with Crippen LogP contribution < -0.4 is 5.32 Å². The van der Waals surface area contributed by atoms with Gasteiger partial charge < -0.3 is 10.2 Å². The van der Waals surface area contributed by atoms with E-state index >= 15 is 0 Å². The quantitative estimate of drug-likeness (QED) is 0.550. The molecule has 4 nitrogen and oxygen atoms in total. The Morgan fingerprint density at radius 1 is 1.04 bits per heavy atom. The standard InChI is InChI=1S/C22H22BrN3O/c1-16-9-8-12-19(24-16)15-26(17(2)18-10-4-3-5-11-18)22(27)25-21-14-7-6-13-20(21)23/h3-14,17H,15H2,1-2H3,(H,25,27). The van der Waals surface area contributed by atoms with Crippen molar-refractivity contribution in [2.45, 2.75) is 26.4 Å². The number of carbonyl (C=O) groups excluding carboxylic acids is 1. The van der Waals surface area contributed by atoms with E-state index in [0.717, 1.165) is 27.1 Å². The Morgan fingerprint density at radius 2 is 1.74 bits per heavy atom. The zero-order valence-electron chi connectivity index (χ0n) is 15.4. The topological polar surface area (TPSA) is 45.2 Å². The fraction of sp³-hybridized carbons (Fsp3) is 0.182. The highest BCUT2D eigenvalue weighted by atomic mass is 79.9. The van der Waals surface area contributed by atoms with Crippen LogP contribution in [0.5, 0.6) is 0 Å². The number of pyridine rings is 1. The fourth-order valence-corrected chi connectivity index (χ4v) is 3.29. The molecule has 27 heavy (non-hydrogen) atoms. The van der Waals surface area contributed by atoms with Gasteiger partial charge in [0.1, 0.15) is 0 Å². The molecule has 138 valence electrons. The molecular formula is C22H22BrN3O. The molecule has 0 bridgehead atoms. The second kappa shape index (κ2) is 8.82. The molecule has 1 N–H and O–H groups in total. The summed E-state index contributed by atoms with van der Waals surface area (Å²) in [6.45, 7) is 4.41. The minimum absolute atomic E-state index is 0.101. The highest BCUT2D eigenvalue weighted by molar-refractivity contribution is 9.10. The van der Waals surface area contributed by atoms with Gasteiger partial charge in [-0.25, -0.2) is 4.79 Å². The van der Waals surface area contributed by atoms with E-state index in [-0.39, 0.29) is 12.1 Å². The van der Waals surface area contributed by atoms with Crippen molar-refractivity contribution in [3.05, 3.63) is 94.2 Å². The van der Waals surface area contributed by atoms with E-state index in [1.165, 1.54) is 0 Å². The van der Waals surface area contributed by atoms with Gasteiger partial charge in [0.15, 0.2) is 0 Å². The van der Waals surface area contributed by atoms with E-state index < -0.39 is 0 Å². The molecule has 1 unspecified atom stereocenters. The maximum Gasteiger partial charge on any atom is 0.322 e. The molecule has 2 aromatic carbocycles.